The highest BCUT2D eigenvalue weighted by atomic mass is 79.9. The van der Waals surface area contributed by atoms with E-state index in [1.807, 2.05) is 18.7 Å². The van der Waals surface area contributed by atoms with E-state index in [0.717, 1.165) is 25.8 Å². The van der Waals surface area contributed by atoms with Gasteiger partial charge in [0.15, 0.2) is 0 Å². The number of carbonyl (C=O) groups is 1. The van der Waals surface area contributed by atoms with Gasteiger partial charge in [-0.25, -0.2) is 0 Å². The van der Waals surface area contributed by atoms with Crippen molar-refractivity contribution in [2.24, 2.45) is 0 Å². The third-order valence-electron chi connectivity index (χ3n) is 2.95. The topological polar surface area (TPSA) is 29.1 Å². The van der Waals surface area contributed by atoms with E-state index in [9.17, 15) is 4.79 Å². The Morgan fingerprint density at radius 1 is 1.40 bits per heavy atom. The summed E-state index contributed by atoms with van der Waals surface area (Å²) >= 11 is 5.21. The van der Waals surface area contributed by atoms with Crippen molar-refractivity contribution in [3.8, 4) is 0 Å². The van der Waals surface area contributed by atoms with E-state index >= 15 is 0 Å². The second kappa shape index (κ2) is 7.55. The van der Waals surface area contributed by atoms with Crippen molar-refractivity contribution in [1.29, 1.82) is 0 Å². The third-order valence-corrected chi connectivity index (χ3v) is 5.60. The Morgan fingerprint density at radius 3 is 2.27 bits per heavy atom. The molecule has 0 aromatic rings. The van der Waals surface area contributed by atoms with E-state index in [4.69, 9.17) is 0 Å². The number of halogens is 1. The van der Waals surface area contributed by atoms with Gasteiger partial charge in [-0.15, -0.1) is 0 Å². The van der Waals surface area contributed by atoms with Gasteiger partial charge >= 0.3 is 0 Å². The first kappa shape index (κ1) is 15.3. The number of amides is 1. The summed E-state index contributed by atoms with van der Waals surface area (Å²) in [5.74, 6) is 0.109. The van der Waals surface area contributed by atoms with Crippen LogP contribution in [0, 0.1) is 0 Å². The summed E-state index contributed by atoms with van der Waals surface area (Å²) in [4.78, 5) is 11.6. The first-order valence-electron chi connectivity index (χ1n) is 5.52. The van der Waals surface area contributed by atoms with Gasteiger partial charge in [-0.05, 0) is 25.5 Å². The van der Waals surface area contributed by atoms with Gasteiger partial charge in [-0.1, -0.05) is 36.7 Å². The highest BCUT2D eigenvalue weighted by Gasteiger charge is 2.26. The highest BCUT2D eigenvalue weighted by molar-refractivity contribution is 9.10. The largest absolute Gasteiger partial charge is 0.354 e. The Bertz CT molecular complexity index is 187. The van der Waals surface area contributed by atoms with Crippen LogP contribution in [0.4, 0.5) is 0 Å². The second-order valence-electron chi connectivity index (χ2n) is 3.69. The lowest BCUT2D eigenvalue weighted by molar-refractivity contribution is -0.120. The quantitative estimate of drug-likeness (QED) is 0.731. The van der Waals surface area contributed by atoms with Crippen molar-refractivity contribution in [1.82, 2.24) is 5.32 Å². The molecule has 0 radical (unpaired) electrons. The Morgan fingerprint density at radius 2 is 1.93 bits per heavy atom. The van der Waals surface area contributed by atoms with Gasteiger partial charge in [0.05, 0.1) is 4.83 Å². The minimum Gasteiger partial charge on any atom is -0.354 e. The molecule has 0 aliphatic carbocycles. The van der Waals surface area contributed by atoms with Crippen LogP contribution in [0.1, 0.15) is 40.0 Å². The Labute approximate surface area is 106 Å². The highest BCUT2D eigenvalue weighted by Crippen LogP contribution is 2.29. The SMILES string of the molecule is CCC(Br)C(=O)NCC(CC)(CC)SC. The molecule has 0 saturated heterocycles. The maximum atomic E-state index is 11.6. The van der Waals surface area contributed by atoms with Gasteiger partial charge < -0.3 is 5.32 Å². The Kier molecular flexibility index (Phi) is 7.70. The molecule has 1 amide bonds. The molecule has 0 spiro atoms. The zero-order chi connectivity index (χ0) is 11.9. The van der Waals surface area contributed by atoms with Crippen molar-refractivity contribution in [3.63, 3.8) is 0 Å². The van der Waals surface area contributed by atoms with Crippen molar-refractivity contribution in [2.75, 3.05) is 12.8 Å². The maximum Gasteiger partial charge on any atom is 0.233 e. The summed E-state index contributed by atoms with van der Waals surface area (Å²) in [6.07, 6.45) is 5.12. The number of carbonyl (C=O) groups excluding carboxylic acids is 1. The average molecular weight is 296 g/mol. The minimum absolute atomic E-state index is 0.0502. The maximum absolute atomic E-state index is 11.6. The average Bonchev–Trinajstić information content (AvgIpc) is 2.30. The molecule has 90 valence electrons. The van der Waals surface area contributed by atoms with Crippen molar-refractivity contribution >= 4 is 33.6 Å². The lowest BCUT2D eigenvalue weighted by Gasteiger charge is -2.30. The van der Waals surface area contributed by atoms with E-state index < -0.39 is 0 Å². The van der Waals surface area contributed by atoms with Gasteiger partial charge in [0, 0.05) is 11.3 Å². The van der Waals surface area contributed by atoms with E-state index in [2.05, 4.69) is 41.3 Å². The zero-order valence-electron chi connectivity index (χ0n) is 10.1. The molecule has 0 aliphatic rings. The smallest absolute Gasteiger partial charge is 0.233 e. The molecule has 1 N–H and O–H groups in total. The van der Waals surface area contributed by atoms with E-state index in [1.165, 1.54) is 0 Å². The van der Waals surface area contributed by atoms with Crippen molar-refractivity contribution in [3.05, 3.63) is 0 Å². The van der Waals surface area contributed by atoms with Crippen LogP contribution >= 0.6 is 27.7 Å². The lowest BCUT2D eigenvalue weighted by atomic mass is 10.0. The summed E-state index contributed by atoms with van der Waals surface area (Å²) in [5, 5.41) is 3.02. The van der Waals surface area contributed by atoms with Crippen LogP contribution in [0.25, 0.3) is 0 Å². The summed E-state index contributed by atoms with van der Waals surface area (Å²) in [7, 11) is 0. The summed E-state index contributed by atoms with van der Waals surface area (Å²) in [5.41, 5.74) is 0. The number of thioether (sulfide) groups is 1. The molecule has 0 bridgehead atoms. The van der Waals surface area contributed by atoms with E-state index in [0.29, 0.717) is 0 Å². The number of nitrogens with one attached hydrogen (secondary N) is 1. The standard InChI is InChI=1S/C11H22BrNOS/c1-5-9(12)10(14)13-8-11(6-2,7-3)15-4/h9H,5-8H2,1-4H3,(H,13,14). The molecule has 0 aliphatic heterocycles. The molecule has 1 unspecified atom stereocenters. The van der Waals surface area contributed by atoms with Crippen LogP contribution in [-0.4, -0.2) is 28.3 Å². The molecule has 0 heterocycles. The number of hydrogen-bond donors (Lipinski definition) is 1. The predicted octanol–water partition coefficient (Wildman–Crippen LogP) is 3.20. The lowest BCUT2D eigenvalue weighted by Crippen LogP contribution is -2.42. The molecule has 0 aromatic heterocycles. The van der Waals surface area contributed by atoms with Crippen LogP contribution in [0.3, 0.4) is 0 Å². The number of rotatable bonds is 7. The van der Waals surface area contributed by atoms with Crippen molar-refractivity contribution in [2.45, 2.75) is 49.6 Å². The first-order valence-corrected chi connectivity index (χ1v) is 7.66. The fraction of sp³-hybridized carbons (Fsp3) is 0.909. The molecule has 0 rings (SSSR count). The van der Waals surface area contributed by atoms with Crippen LogP contribution in [0.2, 0.25) is 0 Å². The van der Waals surface area contributed by atoms with Gasteiger partial charge in [0.2, 0.25) is 5.91 Å². The summed E-state index contributed by atoms with van der Waals surface area (Å²) in [6, 6.07) is 0. The molecule has 2 nitrogen and oxygen atoms in total. The number of hydrogen-bond acceptors (Lipinski definition) is 2. The van der Waals surface area contributed by atoms with Crippen LogP contribution in [0.15, 0.2) is 0 Å². The zero-order valence-corrected chi connectivity index (χ0v) is 12.5. The molecule has 15 heavy (non-hydrogen) atoms. The Hall–Kier alpha value is 0.300. The molecule has 1 atom stereocenters. The van der Waals surface area contributed by atoms with Gasteiger partial charge in [-0.2, -0.15) is 11.8 Å². The fourth-order valence-electron chi connectivity index (χ4n) is 1.41. The molecule has 0 aromatic carbocycles. The predicted molar refractivity (Wildman–Crippen MR) is 72.8 cm³/mol. The van der Waals surface area contributed by atoms with Gasteiger partial charge in [0.25, 0.3) is 0 Å². The first-order chi connectivity index (χ1) is 7.05. The normalized spacial score (nSPS) is 13.7. The van der Waals surface area contributed by atoms with E-state index in [-0.39, 0.29) is 15.5 Å². The fourth-order valence-corrected chi connectivity index (χ4v) is 2.36. The van der Waals surface area contributed by atoms with Gasteiger partial charge in [-0.3, -0.25) is 4.79 Å². The Balaban J connectivity index is 4.16. The van der Waals surface area contributed by atoms with Gasteiger partial charge in [0.1, 0.15) is 0 Å². The van der Waals surface area contributed by atoms with Crippen LogP contribution < -0.4 is 5.32 Å². The summed E-state index contributed by atoms with van der Waals surface area (Å²) < 4.78 is 0.204. The molecule has 4 heteroatoms. The van der Waals surface area contributed by atoms with Crippen LogP contribution in [-0.2, 0) is 4.79 Å². The van der Waals surface area contributed by atoms with Crippen LogP contribution in [0.5, 0.6) is 0 Å². The molecule has 0 fully saturated rings. The third kappa shape index (κ3) is 4.77. The summed E-state index contributed by atoms with van der Waals surface area (Å²) in [6.45, 7) is 7.12. The minimum atomic E-state index is -0.0502. The molecular weight excluding hydrogens is 274 g/mol. The van der Waals surface area contributed by atoms with E-state index in [1.54, 1.807) is 0 Å². The number of alkyl halides is 1. The second-order valence-corrected chi connectivity index (χ2v) is 6.07. The molecule has 0 saturated carbocycles. The molecular formula is C11H22BrNOS. The van der Waals surface area contributed by atoms with Crippen molar-refractivity contribution < 1.29 is 4.79 Å². The monoisotopic (exact) mass is 295 g/mol.